The third kappa shape index (κ3) is 5.97. The van der Waals surface area contributed by atoms with Crippen molar-refractivity contribution in [2.75, 3.05) is 19.7 Å². The Hall–Kier alpha value is -2.09. The largest absolute Gasteiger partial charge is 0.484 e. The summed E-state index contributed by atoms with van der Waals surface area (Å²) in [7, 11) is -3.49. The molecule has 1 aliphatic heterocycles. The highest BCUT2D eigenvalue weighted by atomic mass is 35.5. The molecule has 1 N–H and O–H groups in total. The first-order valence-corrected chi connectivity index (χ1v) is 12.0. The zero-order valence-electron chi connectivity index (χ0n) is 17.0. The minimum Gasteiger partial charge on any atom is -0.484 e. The van der Waals surface area contributed by atoms with E-state index in [1.807, 2.05) is 19.1 Å². The van der Waals surface area contributed by atoms with Crippen LogP contribution < -0.4 is 10.1 Å². The number of sulfonamides is 1. The number of hydrogen-bond donors (Lipinski definition) is 1. The first-order valence-electron chi connectivity index (χ1n) is 10.1. The number of nitrogens with zero attached hydrogens (tertiary/aromatic N) is 1. The number of amides is 1. The molecule has 0 saturated carbocycles. The lowest BCUT2D eigenvalue weighted by atomic mass is 10.1. The van der Waals surface area contributed by atoms with Gasteiger partial charge in [-0.15, -0.1) is 0 Å². The van der Waals surface area contributed by atoms with Crippen LogP contribution in [0.3, 0.4) is 0 Å². The van der Waals surface area contributed by atoms with Gasteiger partial charge in [0.2, 0.25) is 10.0 Å². The van der Waals surface area contributed by atoms with E-state index in [0.717, 1.165) is 31.2 Å². The van der Waals surface area contributed by atoms with Crippen molar-refractivity contribution in [3.8, 4) is 5.75 Å². The number of rotatable bonds is 7. The monoisotopic (exact) mass is 450 g/mol. The minimum atomic E-state index is -3.49. The highest BCUT2D eigenvalue weighted by Crippen LogP contribution is 2.22. The summed E-state index contributed by atoms with van der Waals surface area (Å²) in [6, 6.07) is 13.3. The lowest BCUT2D eigenvalue weighted by molar-refractivity contribution is -0.123. The van der Waals surface area contributed by atoms with Crippen molar-refractivity contribution in [1.29, 1.82) is 0 Å². The predicted octanol–water partition coefficient (Wildman–Crippen LogP) is 4.16. The van der Waals surface area contributed by atoms with E-state index >= 15 is 0 Å². The summed E-state index contributed by atoms with van der Waals surface area (Å²) in [5.74, 6) is 0.179. The number of nitrogens with one attached hydrogen (secondary N) is 1. The average molecular weight is 451 g/mol. The van der Waals surface area contributed by atoms with E-state index in [1.165, 1.54) is 12.1 Å². The Balaban J connectivity index is 1.53. The van der Waals surface area contributed by atoms with Gasteiger partial charge in [0.15, 0.2) is 6.61 Å². The maximum Gasteiger partial charge on any atom is 0.258 e. The fraction of sp³-hybridized carbons (Fsp3) is 0.409. The van der Waals surface area contributed by atoms with Crippen LogP contribution in [0.4, 0.5) is 0 Å². The van der Waals surface area contributed by atoms with Crippen molar-refractivity contribution in [3.63, 3.8) is 0 Å². The molecule has 1 unspecified atom stereocenters. The Morgan fingerprint density at radius 3 is 2.23 bits per heavy atom. The number of hydrogen-bond acceptors (Lipinski definition) is 4. The molecule has 30 heavy (non-hydrogen) atoms. The molecule has 1 aliphatic rings. The van der Waals surface area contributed by atoms with Crippen LogP contribution in [0.25, 0.3) is 0 Å². The zero-order chi connectivity index (χ0) is 21.6. The molecule has 1 amide bonds. The van der Waals surface area contributed by atoms with Gasteiger partial charge in [-0.1, -0.05) is 36.6 Å². The number of halogens is 1. The highest BCUT2D eigenvalue weighted by molar-refractivity contribution is 7.89. The molecule has 0 aromatic heterocycles. The average Bonchev–Trinajstić information content (AvgIpc) is 3.03. The summed E-state index contributed by atoms with van der Waals surface area (Å²) in [5.41, 5.74) is 0.941. The van der Waals surface area contributed by atoms with E-state index in [2.05, 4.69) is 5.32 Å². The maximum absolute atomic E-state index is 12.8. The summed E-state index contributed by atoms with van der Waals surface area (Å²) < 4.78 is 32.7. The molecule has 0 aliphatic carbocycles. The molecule has 0 radical (unpaired) electrons. The van der Waals surface area contributed by atoms with Gasteiger partial charge in [0.25, 0.3) is 5.91 Å². The van der Waals surface area contributed by atoms with Crippen molar-refractivity contribution < 1.29 is 17.9 Å². The third-order valence-electron chi connectivity index (χ3n) is 5.14. The van der Waals surface area contributed by atoms with Crippen molar-refractivity contribution in [1.82, 2.24) is 9.62 Å². The van der Waals surface area contributed by atoms with E-state index in [0.29, 0.717) is 23.9 Å². The molecular formula is C22H27ClN2O4S. The molecule has 0 spiro atoms. The number of carbonyl (C=O) groups is 1. The van der Waals surface area contributed by atoms with Crippen molar-refractivity contribution in [3.05, 3.63) is 59.1 Å². The number of benzene rings is 2. The molecule has 0 bridgehead atoms. The van der Waals surface area contributed by atoms with Crippen LogP contribution in [-0.2, 0) is 14.8 Å². The molecule has 1 fully saturated rings. The molecule has 2 aromatic carbocycles. The Bertz CT molecular complexity index is 938. The first-order chi connectivity index (χ1) is 14.4. The third-order valence-corrected chi connectivity index (χ3v) is 7.31. The summed E-state index contributed by atoms with van der Waals surface area (Å²) >= 11 is 5.88. The molecule has 8 heteroatoms. The fourth-order valence-electron chi connectivity index (χ4n) is 3.41. The molecule has 1 saturated heterocycles. The van der Waals surface area contributed by atoms with Gasteiger partial charge in [0.1, 0.15) is 5.75 Å². The van der Waals surface area contributed by atoms with Gasteiger partial charge in [-0.25, -0.2) is 8.42 Å². The topological polar surface area (TPSA) is 75.7 Å². The molecular weight excluding hydrogens is 424 g/mol. The molecule has 6 nitrogen and oxygen atoms in total. The standard InChI is InChI=1S/C22H27ClN2O4S/c1-17(18-6-8-19(23)9-7-18)24-22(26)16-29-20-10-12-21(13-11-20)30(27,28)25-14-4-2-3-5-15-25/h6-13,17H,2-5,14-16H2,1H3,(H,24,26). The molecule has 1 heterocycles. The van der Waals surface area contributed by atoms with Gasteiger partial charge < -0.3 is 10.1 Å². The summed E-state index contributed by atoms with van der Waals surface area (Å²) in [6.07, 6.45) is 3.92. The SMILES string of the molecule is CC(NC(=O)COc1ccc(S(=O)(=O)N2CCCCCC2)cc1)c1ccc(Cl)cc1. The summed E-state index contributed by atoms with van der Waals surface area (Å²) in [5, 5.41) is 3.50. The molecule has 162 valence electrons. The van der Waals surface area contributed by atoms with Gasteiger partial charge in [-0.05, 0) is 61.7 Å². The lowest BCUT2D eigenvalue weighted by Gasteiger charge is -2.20. The Morgan fingerprint density at radius 1 is 1.03 bits per heavy atom. The van der Waals surface area contributed by atoms with Gasteiger partial charge in [0.05, 0.1) is 10.9 Å². The quantitative estimate of drug-likeness (QED) is 0.687. The molecule has 1 atom stereocenters. The number of carbonyl (C=O) groups excluding carboxylic acids is 1. The van der Waals surface area contributed by atoms with E-state index in [9.17, 15) is 13.2 Å². The predicted molar refractivity (Wildman–Crippen MR) is 117 cm³/mol. The van der Waals surface area contributed by atoms with Gasteiger partial charge in [0, 0.05) is 18.1 Å². The highest BCUT2D eigenvalue weighted by Gasteiger charge is 2.25. The summed E-state index contributed by atoms with van der Waals surface area (Å²) in [6.45, 7) is 2.85. The lowest BCUT2D eigenvalue weighted by Crippen LogP contribution is -2.32. The van der Waals surface area contributed by atoms with E-state index < -0.39 is 10.0 Å². The van der Waals surface area contributed by atoms with Crippen LogP contribution in [0, 0.1) is 0 Å². The van der Waals surface area contributed by atoms with E-state index in [4.69, 9.17) is 16.3 Å². The van der Waals surface area contributed by atoms with Gasteiger partial charge >= 0.3 is 0 Å². The van der Waals surface area contributed by atoms with Crippen LogP contribution >= 0.6 is 11.6 Å². The Kier molecular flexibility index (Phi) is 7.75. The Labute approximate surface area is 183 Å². The van der Waals surface area contributed by atoms with Crippen molar-refractivity contribution in [2.45, 2.75) is 43.5 Å². The van der Waals surface area contributed by atoms with Crippen LogP contribution in [0.2, 0.25) is 5.02 Å². The maximum atomic E-state index is 12.8. The smallest absolute Gasteiger partial charge is 0.258 e. The van der Waals surface area contributed by atoms with Crippen molar-refractivity contribution >= 4 is 27.5 Å². The first kappa shape index (κ1) is 22.6. The van der Waals surface area contributed by atoms with Gasteiger partial charge in [-0.2, -0.15) is 4.31 Å². The summed E-state index contributed by atoms with van der Waals surface area (Å²) in [4.78, 5) is 12.4. The normalized spacial score (nSPS) is 16.5. The minimum absolute atomic E-state index is 0.157. The van der Waals surface area contributed by atoms with Crippen LogP contribution in [-0.4, -0.2) is 38.3 Å². The second-order valence-electron chi connectivity index (χ2n) is 7.42. The second-order valence-corrected chi connectivity index (χ2v) is 9.79. The fourth-order valence-corrected chi connectivity index (χ4v) is 5.05. The van der Waals surface area contributed by atoms with Crippen LogP contribution in [0.5, 0.6) is 5.75 Å². The number of ether oxygens (including phenoxy) is 1. The van der Waals surface area contributed by atoms with Gasteiger partial charge in [-0.3, -0.25) is 4.79 Å². The second kappa shape index (κ2) is 10.3. The Morgan fingerprint density at radius 2 is 1.63 bits per heavy atom. The molecule has 3 rings (SSSR count). The molecule has 2 aromatic rings. The van der Waals surface area contributed by atoms with E-state index in [1.54, 1.807) is 28.6 Å². The van der Waals surface area contributed by atoms with Crippen molar-refractivity contribution in [2.24, 2.45) is 0 Å². The van der Waals surface area contributed by atoms with E-state index in [-0.39, 0.29) is 23.5 Å². The van der Waals surface area contributed by atoms with Crippen LogP contribution in [0.1, 0.15) is 44.2 Å². The van der Waals surface area contributed by atoms with Crippen LogP contribution in [0.15, 0.2) is 53.4 Å². The zero-order valence-corrected chi connectivity index (χ0v) is 18.6.